The first-order valence-electron chi connectivity index (χ1n) is 9.51. The van der Waals surface area contributed by atoms with Crippen molar-refractivity contribution < 1.29 is 4.74 Å². The van der Waals surface area contributed by atoms with Crippen LogP contribution in [-0.2, 0) is 36.4 Å². The molecule has 0 amide bonds. The molecule has 7 heteroatoms. The quantitative estimate of drug-likeness (QED) is 0.840. The Morgan fingerprint density at radius 2 is 1.81 bits per heavy atom. The largest absolute Gasteiger partial charge is 0.379 e. The van der Waals surface area contributed by atoms with Crippen LogP contribution < -0.4 is 11.2 Å². The molecule has 144 valence electrons. The van der Waals surface area contributed by atoms with Crippen LogP contribution in [0.2, 0.25) is 0 Å². The van der Waals surface area contributed by atoms with Gasteiger partial charge in [-0.15, -0.1) is 0 Å². The summed E-state index contributed by atoms with van der Waals surface area (Å²) in [6, 6.07) is 8.64. The Bertz CT molecular complexity index is 898. The molecule has 0 spiro atoms. The lowest BCUT2D eigenvalue weighted by Crippen LogP contribution is -2.37. The van der Waals surface area contributed by atoms with Gasteiger partial charge in [0.2, 0.25) is 0 Å². The maximum atomic E-state index is 12.3. The van der Waals surface area contributed by atoms with Crippen LogP contribution >= 0.6 is 11.8 Å². The summed E-state index contributed by atoms with van der Waals surface area (Å²) in [7, 11) is 0. The van der Waals surface area contributed by atoms with E-state index in [1.165, 1.54) is 11.1 Å². The molecule has 6 nitrogen and oxygen atoms in total. The number of morpholine rings is 1. The molecule has 27 heavy (non-hydrogen) atoms. The van der Waals surface area contributed by atoms with Gasteiger partial charge in [0.15, 0.2) is 0 Å². The summed E-state index contributed by atoms with van der Waals surface area (Å²) in [6.07, 6.45) is 1.57. The fourth-order valence-electron chi connectivity index (χ4n) is 3.74. The van der Waals surface area contributed by atoms with Gasteiger partial charge in [-0.25, -0.2) is 4.79 Å². The summed E-state index contributed by atoms with van der Waals surface area (Å²) in [5.74, 6) is 1.66. The first-order chi connectivity index (χ1) is 13.2. The Morgan fingerprint density at radius 1 is 1.07 bits per heavy atom. The van der Waals surface area contributed by atoms with E-state index in [0.29, 0.717) is 12.3 Å². The second kappa shape index (κ2) is 8.46. The van der Waals surface area contributed by atoms with E-state index in [4.69, 9.17) is 4.74 Å². The molecule has 0 unspecified atom stereocenters. The van der Waals surface area contributed by atoms with Crippen LogP contribution in [0.3, 0.4) is 0 Å². The molecule has 0 saturated carbocycles. The Balaban J connectivity index is 1.43. The summed E-state index contributed by atoms with van der Waals surface area (Å²) >= 11 is 1.75. The minimum absolute atomic E-state index is 0.217. The highest BCUT2D eigenvalue weighted by atomic mass is 32.2. The van der Waals surface area contributed by atoms with Crippen molar-refractivity contribution in [2.75, 3.05) is 32.1 Å². The highest BCUT2D eigenvalue weighted by molar-refractivity contribution is 7.98. The molecule has 4 rings (SSSR count). The molecular formula is C20H25N3O3S. The standard InChI is InChI=1S/C20H25N3O3S/c24-19-17-14-27-12-6-18(17)23(20(25)21-19)7-5-15-1-3-16(4-2-15)13-22-8-10-26-11-9-22/h1-4H,5-14H2,(H,21,24,25). The van der Waals surface area contributed by atoms with Crippen LogP contribution in [0.25, 0.3) is 0 Å². The zero-order valence-electron chi connectivity index (χ0n) is 15.4. The van der Waals surface area contributed by atoms with Crippen molar-refractivity contribution in [1.82, 2.24) is 14.5 Å². The molecule has 0 aliphatic carbocycles. The molecule has 2 aliphatic rings. The number of aromatic amines is 1. The predicted octanol–water partition coefficient (Wildman–Crippen LogP) is 1.40. The minimum Gasteiger partial charge on any atom is -0.379 e. The second-order valence-electron chi connectivity index (χ2n) is 7.09. The van der Waals surface area contributed by atoms with Crippen LogP contribution in [-0.4, -0.2) is 46.5 Å². The third-order valence-corrected chi connectivity index (χ3v) is 6.29. The van der Waals surface area contributed by atoms with Crippen LogP contribution in [0.15, 0.2) is 33.9 Å². The van der Waals surface area contributed by atoms with Crippen LogP contribution in [0, 0.1) is 0 Å². The van der Waals surface area contributed by atoms with Gasteiger partial charge in [0, 0.05) is 43.2 Å². The summed E-state index contributed by atoms with van der Waals surface area (Å²) in [6.45, 7) is 5.16. The maximum absolute atomic E-state index is 12.3. The van der Waals surface area contributed by atoms with E-state index in [0.717, 1.165) is 62.7 Å². The predicted molar refractivity (Wildman–Crippen MR) is 107 cm³/mol. The first kappa shape index (κ1) is 18.5. The van der Waals surface area contributed by atoms with E-state index in [-0.39, 0.29) is 11.2 Å². The van der Waals surface area contributed by atoms with Crippen molar-refractivity contribution >= 4 is 11.8 Å². The molecule has 3 heterocycles. The fourth-order valence-corrected chi connectivity index (χ4v) is 4.72. The third-order valence-electron chi connectivity index (χ3n) is 5.30. The Kier molecular flexibility index (Phi) is 5.80. The van der Waals surface area contributed by atoms with Gasteiger partial charge >= 0.3 is 5.69 Å². The smallest absolute Gasteiger partial charge is 0.328 e. The average Bonchev–Trinajstić information content (AvgIpc) is 2.70. The number of H-pyrrole nitrogens is 1. The number of thioether (sulfide) groups is 1. The number of hydrogen-bond donors (Lipinski definition) is 1. The van der Waals surface area contributed by atoms with E-state index in [2.05, 4.69) is 34.1 Å². The van der Waals surface area contributed by atoms with Crippen LogP contribution in [0.4, 0.5) is 0 Å². The lowest BCUT2D eigenvalue weighted by atomic mass is 10.1. The highest BCUT2D eigenvalue weighted by Gasteiger charge is 2.18. The number of nitrogens with one attached hydrogen (secondary N) is 1. The Hall–Kier alpha value is -1.83. The van der Waals surface area contributed by atoms with E-state index in [9.17, 15) is 9.59 Å². The molecule has 1 N–H and O–H groups in total. The van der Waals surface area contributed by atoms with Crippen molar-refractivity contribution in [2.45, 2.75) is 31.7 Å². The number of benzene rings is 1. The summed E-state index contributed by atoms with van der Waals surface area (Å²) in [5, 5.41) is 0. The SMILES string of the molecule is O=c1[nH]c(=O)n(CCc2ccc(CN3CCOCC3)cc2)c2c1CSCC2. The monoisotopic (exact) mass is 387 g/mol. The van der Waals surface area contributed by atoms with Gasteiger partial charge in [0.05, 0.1) is 13.2 Å². The average molecular weight is 388 g/mol. The van der Waals surface area contributed by atoms with Crippen molar-refractivity contribution in [2.24, 2.45) is 0 Å². The number of nitrogens with zero attached hydrogens (tertiary/aromatic N) is 2. The molecule has 1 saturated heterocycles. The van der Waals surface area contributed by atoms with E-state index < -0.39 is 0 Å². The molecule has 0 atom stereocenters. The fraction of sp³-hybridized carbons (Fsp3) is 0.500. The van der Waals surface area contributed by atoms with E-state index >= 15 is 0 Å². The van der Waals surface area contributed by atoms with Gasteiger partial charge in [-0.2, -0.15) is 11.8 Å². The van der Waals surface area contributed by atoms with Gasteiger partial charge in [0.1, 0.15) is 0 Å². The summed E-state index contributed by atoms with van der Waals surface area (Å²) in [4.78, 5) is 29.2. The minimum atomic E-state index is -0.283. The zero-order chi connectivity index (χ0) is 18.6. The first-order valence-corrected chi connectivity index (χ1v) is 10.7. The molecule has 1 aromatic carbocycles. The molecule has 1 fully saturated rings. The van der Waals surface area contributed by atoms with Crippen molar-refractivity contribution in [1.29, 1.82) is 0 Å². The van der Waals surface area contributed by atoms with Gasteiger partial charge in [0.25, 0.3) is 5.56 Å². The molecule has 1 aromatic heterocycles. The highest BCUT2D eigenvalue weighted by Crippen LogP contribution is 2.20. The Morgan fingerprint density at radius 3 is 2.59 bits per heavy atom. The summed E-state index contributed by atoms with van der Waals surface area (Å²) < 4.78 is 7.16. The maximum Gasteiger partial charge on any atom is 0.328 e. The van der Waals surface area contributed by atoms with Gasteiger partial charge in [-0.3, -0.25) is 19.2 Å². The number of hydrogen-bond acceptors (Lipinski definition) is 5. The molecule has 2 aliphatic heterocycles. The number of rotatable bonds is 5. The topological polar surface area (TPSA) is 67.3 Å². The van der Waals surface area contributed by atoms with E-state index in [1.807, 2.05) is 0 Å². The number of aromatic nitrogens is 2. The van der Waals surface area contributed by atoms with Gasteiger partial charge in [-0.05, 0) is 29.7 Å². The van der Waals surface area contributed by atoms with Gasteiger partial charge < -0.3 is 4.74 Å². The molecule has 0 radical (unpaired) electrons. The molecular weight excluding hydrogens is 362 g/mol. The van der Waals surface area contributed by atoms with Crippen LogP contribution in [0.1, 0.15) is 22.4 Å². The zero-order valence-corrected chi connectivity index (χ0v) is 16.2. The van der Waals surface area contributed by atoms with Crippen molar-refractivity contribution in [3.63, 3.8) is 0 Å². The van der Waals surface area contributed by atoms with E-state index in [1.54, 1.807) is 16.3 Å². The molecule has 0 bridgehead atoms. The summed E-state index contributed by atoms with van der Waals surface area (Å²) in [5.41, 5.74) is 3.70. The van der Waals surface area contributed by atoms with Gasteiger partial charge in [-0.1, -0.05) is 24.3 Å². The van der Waals surface area contributed by atoms with Crippen molar-refractivity contribution in [3.8, 4) is 0 Å². The molecule has 2 aromatic rings. The Labute approximate surface area is 162 Å². The number of aryl methyl sites for hydroxylation is 1. The number of fused-ring (bicyclic) bond motifs is 1. The second-order valence-corrected chi connectivity index (χ2v) is 8.20. The van der Waals surface area contributed by atoms with Crippen molar-refractivity contribution in [3.05, 3.63) is 67.5 Å². The van der Waals surface area contributed by atoms with Crippen LogP contribution in [0.5, 0.6) is 0 Å². The normalized spacial score (nSPS) is 17.6. The third kappa shape index (κ3) is 4.36. The lowest BCUT2D eigenvalue weighted by Gasteiger charge is -2.26. The number of ether oxygens (including phenoxy) is 1. The lowest BCUT2D eigenvalue weighted by molar-refractivity contribution is 0.0342.